The molecule has 1 amide bonds. The normalized spacial score (nSPS) is 14.6. The summed E-state index contributed by atoms with van der Waals surface area (Å²) in [6.07, 6.45) is 0. The van der Waals surface area contributed by atoms with Gasteiger partial charge in [-0.15, -0.1) is 0 Å². The summed E-state index contributed by atoms with van der Waals surface area (Å²) in [5.41, 5.74) is 1.13. The monoisotopic (exact) mass is 390 g/mol. The maximum Gasteiger partial charge on any atom is 0.261 e. The first kappa shape index (κ1) is 19.2. The molecule has 0 atom stereocenters. The molecular formula is C19H22N2O5S. The van der Waals surface area contributed by atoms with Crippen LogP contribution in [0.5, 0.6) is 5.75 Å². The number of para-hydroxylation sites is 1. The highest BCUT2D eigenvalue weighted by Gasteiger charge is 2.19. The largest absolute Gasteiger partial charge is 0.483 e. The van der Waals surface area contributed by atoms with E-state index in [4.69, 9.17) is 9.47 Å². The zero-order valence-electron chi connectivity index (χ0n) is 15.1. The van der Waals surface area contributed by atoms with E-state index >= 15 is 0 Å². The van der Waals surface area contributed by atoms with Gasteiger partial charge in [-0.25, -0.2) is 8.42 Å². The predicted molar refractivity (Wildman–Crippen MR) is 101 cm³/mol. The molecule has 3 rings (SSSR count). The SMILES string of the molecule is Cc1cc(S(=O)(=O)Nc2ccccc2)ccc1OCC(=O)N1CCOCC1. The number of hydrogen-bond donors (Lipinski definition) is 1. The first-order valence-corrected chi connectivity index (χ1v) is 10.1. The van der Waals surface area contributed by atoms with Crippen LogP contribution in [-0.4, -0.2) is 52.1 Å². The Hall–Kier alpha value is -2.58. The van der Waals surface area contributed by atoms with Gasteiger partial charge >= 0.3 is 0 Å². The molecule has 27 heavy (non-hydrogen) atoms. The van der Waals surface area contributed by atoms with E-state index in [1.807, 2.05) is 6.07 Å². The Balaban J connectivity index is 1.65. The quantitative estimate of drug-likeness (QED) is 0.816. The second-order valence-corrected chi connectivity index (χ2v) is 7.86. The fraction of sp³-hybridized carbons (Fsp3) is 0.316. The van der Waals surface area contributed by atoms with Crippen molar-refractivity contribution < 1.29 is 22.7 Å². The second-order valence-electron chi connectivity index (χ2n) is 6.18. The van der Waals surface area contributed by atoms with Crippen molar-refractivity contribution in [2.45, 2.75) is 11.8 Å². The van der Waals surface area contributed by atoms with E-state index in [9.17, 15) is 13.2 Å². The third kappa shape index (κ3) is 4.99. The van der Waals surface area contributed by atoms with Gasteiger partial charge in [0.15, 0.2) is 6.61 Å². The Morgan fingerprint density at radius 2 is 1.85 bits per heavy atom. The fourth-order valence-electron chi connectivity index (χ4n) is 2.71. The van der Waals surface area contributed by atoms with Gasteiger partial charge in [-0.3, -0.25) is 9.52 Å². The van der Waals surface area contributed by atoms with E-state index in [-0.39, 0.29) is 17.4 Å². The molecule has 0 saturated carbocycles. The highest BCUT2D eigenvalue weighted by atomic mass is 32.2. The first-order chi connectivity index (χ1) is 13.0. The molecule has 1 aliphatic rings. The molecule has 1 heterocycles. The molecule has 0 spiro atoms. The van der Waals surface area contributed by atoms with Crippen LogP contribution in [0.2, 0.25) is 0 Å². The number of morpholine rings is 1. The fourth-order valence-corrected chi connectivity index (χ4v) is 3.86. The number of carbonyl (C=O) groups excluding carboxylic acids is 1. The van der Waals surface area contributed by atoms with Crippen LogP contribution in [0.25, 0.3) is 0 Å². The van der Waals surface area contributed by atoms with Crippen LogP contribution in [0.1, 0.15) is 5.56 Å². The molecule has 0 bridgehead atoms. The smallest absolute Gasteiger partial charge is 0.261 e. The zero-order chi connectivity index (χ0) is 19.3. The van der Waals surface area contributed by atoms with Crippen LogP contribution >= 0.6 is 0 Å². The third-order valence-corrected chi connectivity index (χ3v) is 5.58. The maximum atomic E-state index is 12.5. The molecule has 1 N–H and O–H groups in total. The van der Waals surface area contributed by atoms with Crippen LogP contribution < -0.4 is 9.46 Å². The van der Waals surface area contributed by atoms with Gasteiger partial charge in [-0.1, -0.05) is 18.2 Å². The Kier molecular flexibility index (Phi) is 5.98. The lowest BCUT2D eigenvalue weighted by Gasteiger charge is -2.26. The van der Waals surface area contributed by atoms with Gasteiger partial charge in [0.2, 0.25) is 0 Å². The minimum absolute atomic E-state index is 0.0881. The summed E-state index contributed by atoms with van der Waals surface area (Å²) in [6.45, 7) is 3.84. The Morgan fingerprint density at radius 1 is 1.15 bits per heavy atom. The number of anilines is 1. The Bertz CT molecular complexity index is 894. The van der Waals surface area contributed by atoms with E-state index in [1.54, 1.807) is 42.2 Å². The molecule has 0 aromatic heterocycles. The number of ether oxygens (including phenoxy) is 2. The van der Waals surface area contributed by atoms with Crippen molar-refractivity contribution in [2.24, 2.45) is 0 Å². The maximum absolute atomic E-state index is 12.5. The molecule has 0 aliphatic carbocycles. The number of amides is 1. The molecule has 0 radical (unpaired) electrons. The van der Waals surface area contributed by atoms with Crippen LogP contribution in [0.3, 0.4) is 0 Å². The summed E-state index contributed by atoms with van der Waals surface area (Å²) in [4.78, 5) is 14.0. The van der Waals surface area contributed by atoms with E-state index in [0.717, 1.165) is 0 Å². The predicted octanol–water partition coefficient (Wildman–Crippen LogP) is 2.03. The van der Waals surface area contributed by atoms with Gasteiger partial charge in [-0.05, 0) is 42.8 Å². The third-order valence-electron chi connectivity index (χ3n) is 4.20. The number of nitrogens with zero attached hydrogens (tertiary/aromatic N) is 1. The number of rotatable bonds is 6. The lowest BCUT2D eigenvalue weighted by Crippen LogP contribution is -2.43. The molecule has 8 heteroatoms. The van der Waals surface area contributed by atoms with E-state index in [1.165, 1.54) is 12.1 Å². The van der Waals surface area contributed by atoms with E-state index in [0.29, 0.717) is 43.3 Å². The van der Waals surface area contributed by atoms with Gasteiger partial charge in [0, 0.05) is 18.8 Å². The molecule has 1 aliphatic heterocycles. The molecular weight excluding hydrogens is 368 g/mol. The average molecular weight is 390 g/mol. The molecule has 0 unspecified atom stereocenters. The Morgan fingerprint density at radius 3 is 2.52 bits per heavy atom. The molecule has 1 fully saturated rings. The lowest BCUT2D eigenvalue weighted by atomic mass is 10.2. The number of aryl methyl sites for hydroxylation is 1. The van der Waals surface area contributed by atoms with Crippen molar-refractivity contribution in [3.05, 3.63) is 54.1 Å². The van der Waals surface area contributed by atoms with Crippen molar-refractivity contribution in [3.63, 3.8) is 0 Å². The first-order valence-electron chi connectivity index (χ1n) is 8.62. The van der Waals surface area contributed by atoms with Gasteiger partial charge < -0.3 is 14.4 Å². The Labute approximate surface area is 158 Å². The van der Waals surface area contributed by atoms with Crippen molar-refractivity contribution in [1.29, 1.82) is 0 Å². The summed E-state index contributed by atoms with van der Waals surface area (Å²) in [6, 6.07) is 13.2. The standard InChI is InChI=1S/C19H22N2O5S/c1-15-13-17(27(23,24)20-16-5-3-2-4-6-16)7-8-18(15)26-14-19(22)21-9-11-25-12-10-21/h2-8,13,20H,9-12,14H2,1H3. The molecule has 2 aromatic carbocycles. The zero-order valence-corrected chi connectivity index (χ0v) is 15.9. The number of sulfonamides is 1. The minimum Gasteiger partial charge on any atom is -0.483 e. The molecule has 7 nitrogen and oxygen atoms in total. The van der Waals surface area contributed by atoms with Crippen molar-refractivity contribution in [1.82, 2.24) is 4.90 Å². The van der Waals surface area contributed by atoms with Crippen LogP contribution in [0, 0.1) is 6.92 Å². The molecule has 144 valence electrons. The highest BCUT2D eigenvalue weighted by molar-refractivity contribution is 7.92. The number of benzene rings is 2. The van der Waals surface area contributed by atoms with E-state index in [2.05, 4.69) is 4.72 Å². The highest BCUT2D eigenvalue weighted by Crippen LogP contribution is 2.23. The summed E-state index contributed by atoms with van der Waals surface area (Å²) in [5.74, 6) is 0.371. The van der Waals surface area contributed by atoms with Gasteiger partial charge in [0.1, 0.15) is 5.75 Å². The number of carbonyl (C=O) groups is 1. The van der Waals surface area contributed by atoms with Gasteiger partial charge in [0.05, 0.1) is 18.1 Å². The van der Waals surface area contributed by atoms with Gasteiger partial charge in [0.25, 0.3) is 15.9 Å². The topological polar surface area (TPSA) is 84.9 Å². The van der Waals surface area contributed by atoms with Crippen molar-refractivity contribution >= 4 is 21.6 Å². The van der Waals surface area contributed by atoms with Crippen LogP contribution in [0.15, 0.2) is 53.4 Å². The number of nitrogens with one attached hydrogen (secondary N) is 1. The average Bonchev–Trinajstić information content (AvgIpc) is 2.68. The van der Waals surface area contributed by atoms with Crippen molar-refractivity contribution in [3.8, 4) is 5.75 Å². The number of hydrogen-bond acceptors (Lipinski definition) is 5. The van der Waals surface area contributed by atoms with E-state index < -0.39 is 10.0 Å². The summed E-state index contributed by atoms with van der Waals surface area (Å²) in [5, 5.41) is 0. The molecule has 2 aromatic rings. The lowest BCUT2D eigenvalue weighted by molar-refractivity contribution is -0.137. The van der Waals surface area contributed by atoms with Gasteiger partial charge in [-0.2, -0.15) is 0 Å². The van der Waals surface area contributed by atoms with Crippen molar-refractivity contribution in [2.75, 3.05) is 37.6 Å². The minimum atomic E-state index is -3.70. The second kappa shape index (κ2) is 8.41. The molecule has 1 saturated heterocycles. The van der Waals surface area contributed by atoms with Crippen LogP contribution in [0.4, 0.5) is 5.69 Å². The van der Waals surface area contributed by atoms with Crippen LogP contribution in [-0.2, 0) is 19.6 Å². The summed E-state index contributed by atoms with van der Waals surface area (Å²) < 4.78 is 38.4. The summed E-state index contributed by atoms with van der Waals surface area (Å²) >= 11 is 0. The summed E-state index contributed by atoms with van der Waals surface area (Å²) in [7, 11) is -3.70.